The van der Waals surface area contributed by atoms with E-state index in [1.54, 1.807) is 13.0 Å². The lowest BCUT2D eigenvalue weighted by Crippen LogP contribution is -2.44. The van der Waals surface area contributed by atoms with E-state index in [0.717, 1.165) is 12.0 Å². The predicted molar refractivity (Wildman–Crippen MR) is 73.8 cm³/mol. The first kappa shape index (κ1) is 17.5. The Bertz CT molecular complexity index is 368. The molecule has 0 bridgehead atoms. The topological polar surface area (TPSA) is 55.6 Å². The fourth-order valence-corrected chi connectivity index (χ4v) is 1.36. The van der Waals surface area contributed by atoms with Crippen LogP contribution in [0.3, 0.4) is 0 Å². The van der Waals surface area contributed by atoms with E-state index in [4.69, 9.17) is 5.84 Å². The van der Waals surface area contributed by atoms with E-state index in [0.29, 0.717) is 6.54 Å². The van der Waals surface area contributed by atoms with E-state index < -0.39 is 0 Å². The number of hydrazine groups is 1. The summed E-state index contributed by atoms with van der Waals surface area (Å²) in [5.74, 6) is 5.08. The molecule has 0 aliphatic carbocycles. The maximum Gasteiger partial charge on any atom is 0.324 e. The zero-order valence-electron chi connectivity index (χ0n) is 12.0. The molecule has 0 aliphatic rings. The fourth-order valence-electron chi connectivity index (χ4n) is 1.36. The normalized spacial score (nSPS) is 11.5. The molecule has 2 N–H and O–H groups in total. The van der Waals surface area contributed by atoms with Crippen LogP contribution in [0.5, 0.6) is 0 Å². The number of benzene rings is 1. The lowest BCUT2D eigenvalue weighted by molar-refractivity contribution is -0.146. The van der Waals surface area contributed by atoms with E-state index in [2.05, 4.69) is 4.74 Å². The number of hydrogen-bond acceptors (Lipinski definition) is 4. The maximum atomic E-state index is 12.2. The molecule has 19 heavy (non-hydrogen) atoms. The van der Waals surface area contributed by atoms with Crippen molar-refractivity contribution >= 4 is 5.97 Å². The van der Waals surface area contributed by atoms with Crippen LogP contribution in [0, 0.1) is 12.7 Å². The SMILES string of the molecule is CCCN(N)C(C)C(=O)OC.Cc1cccc(F)c1. The highest BCUT2D eigenvalue weighted by atomic mass is 19.1. The van der Waals surface area contributed by atoms with E-state index in [1.807, 2.05) is 19.9 Å². The molecule has 0 saturated heterocycles. The Morgan fingerprint density at radius 2 is 2.16 bits per heavy atom. The summed E-state index contributed by atoms with van der Waals surface area (Å²) >= 11 is 0. The smallest absolute Gasteiger partial charge is 0.324 e. The molecule has 0 aliphatic heterocycles. The number of carbonyl (C=O) groups excluding carboxylic acids is 1. The van der Waals surface area contributed by atoms with Gasteiger partial charge in [-0.05, 0) is 38.0 Å². The van der Waals surface area contributed by atoms with Gasteiger partial charge in [-0.15, -0.1) is 0 Å². The van der Waals surface area contributed by atoms with E-state index in [1.165, 1.54) is 24.3 Å². The Kier molecular flexibility index (Phi) is 8.74. The van der Waals surface area contributed by atoms with Crippen LogP contribution < -0.4 is 5.84 Å². The van der Waals surface area contributed by atoms with Crippen molar-refractivity contribution in [3.63, 3.8) is 0 Å². The van der Waals surface area contributed by atoms with Crippen LogP contribution in [-0.4, -0.2) is 30.7 Å². The molecule has 4 nitrogen and oxygen atoms in total. The van der Waals surface area contributed by atoms with Gasteiger partial charge in [0.05, 0.1) is 7.11 Å². The number of nitrogens with two attached hydrogens (primary N) is 1. The average molecular weight is 270 g/mol. The van der Waals surface area contributed by atoms with Crippen molar-refractivity contribution in [2.24, 2.45) is 5.84 Å². The molecule has 1 rings (SSSR count). The van der Waals surface area contributed by atoms with Crippen molar-refractivity contribution in [1.82, 2.24) is 5.01 Å². The van der Waals surface area contributed by atoms with Crippen molar-refractivity contribution < 1.29 is 13.9 Å². The molecule has 0 saturated carbocycles. The van der Waals surface area contributed by atoms with Crippen LogP contribution in [-0.2, 0) is 9.53 Å². The first-order chi connectivity index (χ1) is 8.92. The highest BCUT2D eigenvalue weighted by Crippen LogP contribution is 1.99. The minimum Gasteiger partial charge on any atom is -0.468 e. The summed E-state index contributed by atoms with van der Waals surface area (Å²) in [6.07, 6.45) is 0.928. The molecule has 108 valence electrons. The molecule has 0 radical (unpaired) electrons. The molecule has 0 spiro atoms. The van der Waals surface area contributed by atoms with Gasteiger partial charge in [0.15, 0.2) is 0 Å². The van der Waals surface area contributed by atoms with Gasteiger partial charge in [0.2, 0.25) is 0 Å². The van der Waals surface area contributed by atoms with Gasteiger partial charge in [0.1, 0.15) is 11.9 Å². The van der Waals surface area contributed by atoms with Crippen molar-refractivity contribution in [1.29, 1.82) is 0 Å². The molecule has 0 fully saturated rings. The summed E-state index contributed by atoms with van der Waals surface area (Å²) in [5.41, 5.74) is 0.963. The third kappa shape index (κ3) is 7.54. The van der Waals surface area contributed by atoms with Gasteiger partial charge in [0.25, 0.3) is 0 Å². The second kappa shape index (κ2) is 9.47. The summed E-state index contributed by atoms with van der Waals surface area (Å²) in [6.45, 7) is 6.30. The standard InChI is InChI=1S/C7H7F.C7H16N2O2/c1-6-3-2-4-7(8)5-6;1-4-5-9(8)6(2)7(10)11-3/h2-5H,1H3;6H,4-5,8H2,1-3H3. The molecule has 0 amide bonds. The molecular weight excluding hydrogens is 247 g/mol. The summed E-state index contributed by atoms with van der Waals surface area (Å²) in [4.78, 5) is 10.9. The number of methoxy groups -OCH3 is 1. The van der Waals surface area contributed by atoms with Gasteiger partial charge in [-0.25, -0.2) is 9.40 Å². The monoisotopic (exact) mass is 270 g/mol. The van der Waals surface area contributed by atoms with Crippen molar-refractivity contribution in [2.45, 2.75) is 33.2 Å². The van der Waals surface area contributed by atoms with Crippen molar-refractivity contribution in [3.8, 4) is 0 Å². The Balaban J connectivity index is 0.000000356. The number of rotatable bonds is 4. The fraction of sp³-hybridized carbons (Fsp3) is 0.500. The lowest BCUT2D eigenvalue weighted by Gasteiger charge is -2.20. The molecule has 1 aromatic carbocycles. The first-order valence-electron chi connectivity index (χ1n) is 6.23. The highest BCUT2D eigenvalue weighted by molar-refractivity contribution is 5.74. The second-order valence-electron chi connectivity index (χ2n) is 4.24. The minimum atomic E-state index is -0.347. The number of aryl methyl sites for hydroxylation is 1. The minimum absolute atomic E-state index is 0.162. The van der Waals surface area contributed by atoms with Gasteiger partial charge in [-0.1, -0.05) is 19.1 Å². The van der Waals surface area contributed by atoms with Gasteiger partial charge < -0.3 is 4.74 Å². The van der Waals surface area contributed by atoms with E-state index in [-0.39, 0.29) is 17.8 Å². The molecule has 0 aromatic heterocycles. The van der Waals surface area contributed by atoms with Gasteiger partial charge >= 0.3 is 5.97 Å². The average Bonchev–Trinajstić information content (AvgIpc) is 2.37. The molecule has 1 aromatic rings. The van der Waals surface area contributed by atoms with Crippen LogP contribution in [0.4, 0.5) is 4.39 Å². The Morgan fingerprint density at radius 3 is 2.53 bits per heavy atom. The zero-order valence-corrected chi connectivity index (χ0v) is 12.0. The number of carbonyl (C=O) groups is 1. The molecular formula is C14H23FN2O2. The quantitative estimate of drug-likeness (QED) is 0.518. The van der Waals surface area contributed by atoms with Gasteiger partial charge in [0, 0.05) is 6.54 Å². The predicted octanol–water partition coefficient (Wildman–Crippen LogP) is 2.27. The molecule has 0 heterocycles. The molecule has 1 atom stereocenters. The number of esters is 1. The van der Waals surface area contributed by atoms with Crippen LogP contribution in [0.2, 0.25) is 0 Å². The maximum absolute atomic E-state index is 12.2. The van der Waals surface area contributed by atoms with Crippen molar-refractivity contribution in [2.75, 3.05) is 13.7 Å². The van der Waals surface area contributed by atoms with Crippen LogP contribution in [0.15, 0.2) is 24.3 Å². The Morgan fingerprint density at radius 1 is 1.53 bits per heavy atom. The zero-order chi connectivity index (χ0) is 14.8. The summed E-state index contributed by atoms with van der Waals surface area (Å²) in [6, 6.07) is 6.15. The lowest BCUT2D eigenvalue weighted by atomic mass is 10.2. The number of halogens is 1. The number of nitrogens with zero attached hydrogens (tertiary/aromatic N) is 1. The Hall–Kier alpha value is -1.46. The summed E-state index contributed by atoms with van der Waals surface area (Å²) < 4.78 is 16.7. The van der Waals surface area contributed by atoms with Crippen molar-refractivity contribution in [3.05, 3.63) is 35.6 Å². The van der Waals surface area contributed by atoms with E-state index in [9.17, 15) is 9.18 Å². The van der Waals surface area contributed by atoms with Crippen LogP contribution in [0.1, 0.15) is 25.8 Å². The molecule has 1 unspecified atom stereocenters. The summed E-state index contributed by atoms with van der Waals surface area (Å²) in [7, 11) is 1.36. The third-order valence-electron chi connectivity index (χ3n) is 2.50. The number of ether oxygens (including phenoxy) is 1. The summed E-state index contributed by atoms with van der Waals surface area (Å²) in [5, 5.41) is 1.48. The number of hydrogen-bond donors (Lipinski definition) is 1. The largest absolute Gasteiger partial charge is 0.468 e. The van der Waals surface area contributed by atoms with E-state index >= 15 is 0 Å². The van der Waals surface area contributed by atoms with Gasteiger partial charge in [-0.2, -0.15) is 0 Å². The third-order valence-corrected chi connectivity index (χ3v) is 2.50. The Labute approximate surface area is 114 Å². The van der Waals surface area contributed by atoms with Crippen LogP contribution in [0.25, 0.3) is 0 Å². The van der Waals surface area contributed by atoms with Gasteiger partial charge in [-0.3, -0.25) is 10.6 Å². The highest BCUT2D eigenvalue weighted by Gasteiger charge is 2.17. The second-order valence-corrected chi connectivity index (χ2v) is 4.24. The first-order valence-corrected chi connectivity index (χ1v) is 6.23. The molecule has 5 heteroatoms. The van der Waals surface area contributed by atoms with Crippen LogP contribution >= 0.6 is 0 Å².